The lowest BCUT2D eigenvalue weighted by molar-refractivity contribution is -0.138. The van der Waals surface area contributed by atoms with Crippen molar-refractivity contribution in [2.45, 2.75) is 13.5 Å². The van der Waals surface area contributed by atoms with Gasteiger partial charge in [0.25, 0.3) is 0 Å². The predicted molar refractivity (Wildman–Crippen MR) is 59.6 cm³/mol. The second-order valence-corrected chi connectivity index (χ2v) is 4.33. The van der Waals surface area contributed by atoms with Crippen LogP contribution in [0.2, 0.25) is 0 Å². The van der Waals surface area contributed by atoms with Crippen LogP contribution < -0.4 is 0 Å². The summed E-state index contributed by atoms with van der Waals surface area (Å²) in [5, 5.41) is 12.9. The Balaban J connectivity index is 2.76. The molecule has 0 atom stereocenters. The highest BCUT2D eigenvalue weighted by molar-refractivity contribution is 9.10. The molecule has 0 saturated carbocycles. The molecule has 0 amide bonds. The second kappa shape index (κ2) is 4.76. The van der Waals surface area contributed by atoms with Crippen LogP contribution in [0.1, 0.15) is 11.4 Å². The van der Waals surface area contributed by atoms with Gasteiger partial charge in [0.05, 0.1) is 22.4 Å². The van der Waals surface area contributed by atoms with Crippen LogP contribution in [0.15, 0.2) is 4.47 Å². The Labute approximate surface area is 96.8 Å². The van der Waals surface area contributed by atoms with Gasteiger partial charge in [-0.25, -0.2) is 0 Å². The number of likely N-dealkylation sites (N-methyl/N-ethyl adjacent to an activating group) is 1. The van der Waals surface area contributed by atoms with E-state index >= 15 is 0 Å². The summed E-state index contributed by atoms with van der Waals surface area (Å²) in [6, 6.07) is 0. The third kappa shape index (κ3) is 3.04. The summed E-state index contributed by atoms with van der Waals surface area (Å²) in [6.45, 7) is 2.49. The summed E-state index contributed by atoms with van der Waals surface area (Å²) in [6.07, 6.45) is 0. The molecular weight excluding hydrogens is 262 g/mol. The molecule has 1 N–H and O–H groups in total. The van der Waals surface area contributed by atoms with Crippen LogP contribution in [0.3, 0.4) is 0 Å². The fourth-order valence-electron chi connectivity index (χ4n) is 1.39. The lowest BCUT2D eigenvalue weighted by atomic mass is 10.3. The van der Waals surface area contributed by atoms with Gasteiger partial charge in [-0.1, -0.05) is 0 Å². The minimum absolute atomic E-state index is 0.0245. The Kier molecular flexibility index (Phi) is 3.87. The molecule has 0 unspecified atom stereocenters. The van der Waals surface area contributed by atoms with Crippen molar-refractivity contribution in [1.29, 1.82) is 0 Å². The first-order valence-corrected chi connectivity index (χ1v) is 5.29. The summed E-state index contributed by atoms with van der Waals surface area (Å²) in [5.74, 6) is -0.826. The number of carbonyl (C=O) groups is 1. The molecule has 0 spiro atoms. The van der Waals surface area contributed by atoms with Crippen LogP contribution >= 0.6 is 15.9 Å². The molecule has 84 valence electrons. The van der Waals surface area contributed by atoms with Crippen LogP contribution in [0.5, 0.6) is 0 Å². The number of nitrogens with zero attached hydrogens (tertiary/aromatic N) is 3. The third-order valence-electron chi connectivity index (χ3n) is 2.09. The summed E-state index contributed by atoms with van der Waals surface area (Å²) in [5.41, 5.74) is 1.90. The number of aliphatic carboxylic acids is 1. The first kappa shape index (κ1) is 12.2. The van der Waals surface area contributed by atoms with E-state index in [1.165, 1.54) is 0 Å². The van der Waals surface area contributed by atoms with E-state index in [1.54, 1.807) is 16.6 Å². The highest BCUT2D eigenvalue weighted by Gasteiger charge is 2.13. The molecule has 0 saturated heterocycles. The van der Waals surface area contributed by atoms with Crippen LogP contribution in [-0.2, 0) is 18.4 Å². The van der Waals surface area contributed by atoms with Crippen LogP contribution in [0.4, 0.5) is 0 Å². The van der Waals surface area contributed by atoms with Crippen molar-refractivity contribution < 1.29 is 9.90 Å². The monoisotopic (exact) mass is 275 g/mol. The van der Waals surface area contributed by atoms with E-state index in [-0.39, 0.29) is 6.54 Å². The highest BCUT2D eigenvalue weighted by Crippen LogP contribution is 2.21. The lowest BCUT2D eigenvalue weighted by Crippen LogP contribution is -2.26. The van der Waals surface area contributed by atoms with E-state index in [9.17, 15) is 4.79 Å². The molecule has 6 heteroatoms. The third-order valence-corrected chi connectivity index (χ3v) is 3.12. The Morgan fingerprint density at radius 3 is 2.67 bits per heavy atom. The van der Waals surface area contributed by atoms with E-state index in [0.717, 1.165) is 15.9 Å². The average Bonchev–Trinajstić information content (AvgIpc) is 2.31. The van der Waals surface area contributed by atoms with Crippen molar-refractivity contribution >= 4 is 21.9 Å². The van der Waals surface area contributed by atoms with Gasteiger partial charge in [-0.05, 0) is 29.9 Å². The lowest BCUT2D eigenvalue weighted by Gasteiger charge is -2.14. The van der Waals surface area contributed by atoms with E-state index in [1.807, 2.05) is 14.0 Å². The van der Waals surface area contributed by atoms with E-state index in [4.69, 9.17) is 5.11 Å². The minimum Gasteiger partial charge on any atom is -0.480 e. The number of carboxylic acids is 1. The van der Waals surface area contributed by atoms with Crippen LogP contribution in [0, 0.1) is 6.92 Å². The number of carboxylic acid groups (broad SMARTS) is 1. The number of hydrogen-bond donors (Lipinski definition) is 1. The zero-order valence-corrected chi connectivity index (χ0v) is 10.6. The molecule has 1 heterocycles. The zero-order valence-electron chi connectivity index (χ0n) is 8.99. The van der Waals surface area contributed by atoms with Crippen molar-refractivity contribution in [3.05, 3.63) is 15.9 Å². The Bertz CT molecular complexity index is 376. The van der Waals surface area contributed by atoms with Crippen molar-refractivity contribution in [1.82, 2.24) is 14.7 Å². The first-order valence-electron chi connectivity index (χ1n) is 4.50. The summed E-state index contributed by atoms with van der Waals surface area (Å²) in [4.78, 5) is 12.2. The molecule has 0 aliphatic heterocycles. The quantitative estimate of drug-likeness (QED) is 0.891. The minimum atomic E-state index is -0.826. The molecule has 0 aliphatic rings. The summed E-state index contributed by atoms with van der Waals surface area (Å²) < 4.78 is 2.71. The topological polar surface area (TPSA) is 58.4 Å². The first-order chi connectivity index (χ1) is 6.91. The largest absolute Gasteiger partial charge is 0.480 e. The SMILES string of the molecule is Cc1nn(C)c(CN(C)CC(=O)O)c1Br. The van der Waals surface area contributed by atoms with Gasteiger partial charge in [0, 0.05) is 13.6 Å². The van der Waals surface area contributed by atoms with Crippen LogP contribution in [-0.4, -0.2) is 39.3 Å². The maximum atomic E-state index is 10.5. The van der Waals surface area contributed by atoms with Crippen molar-refractivity contribution in [3.8, 4) is 0 Å². The van der Waals surface area contributed by atoms with Gasteiger partial charge >= 0.3 is 5.97 Å². The van der Waals surface area contributed by atoms with Gasteiger partial charge in [-0.3, -0.25) is 14.4 Å². The van der Waals surface area contributed by atoms with Gasteiger partial charge in [0.2, 0.25) is 0 Å². The number of halogens is 1. The Hall–Kier alpha value is -0.880. The van der Waals surface area contributed by atoms with Gasteiger partial charge in [-0.15, -0.1) is 0 Å². The number of hydrogen-bond acceptors (Lipinski definition) is 3. The fourth-order valence-corrected chi connectivity index (χ4v) is 1.86. The van der Waals surface area contributed by atoms with Gasteiger partial charge in [0.15, 0.2) is 0 Å². The van der Waals surface area contributed by atoms with E-state index in [2.05, 4.69) is 21.0 Å². The van der Waals surface area contributed by atoms with Crippen LogP contribution in [0.25, 0.3) is 0 Å². The van der Waals surface area contributed by atoms with Crippen molar-refractivity contribution in [2.75, 3.05) is 13.6 Å². The van der Waals surface area contributed by atoms with Gasteiger partial charge in [0.1, 0.15) is 0 Å². The van der Waals surface area contributed by atoms with E-state index < -0.39 is 5.97 Å². The smallest absolute Gasteiger partial charge is 0.317 e. The normalized spacial score (nSPS) is 11.0. The number of aryl methyl sites for hydroxylation is 2. The predicted octanol–water partition coefficient (Wildman–Crippen LogP) is 1.01. The molecule has 0 aliphatic carbocycles. The molecule has 0 fully saturated rings. The standard InChI is InChI=1S/C9H14BrN3O2/c1-6-9(10)7(13(3)11-6)4-12(2)5-8(14)15/h4-5H2,1-3H3,(H,14,15). The Morgan fingerprint density at radius 1 is 1.67 bits per heavy atom. The fraction of sp³-hybridized carbons (Fsp3) is 0.556. The van der Waals surface area contributed by atoms with Gasteiger partial charge in [-0.2, -0.15) is 5.10 Å². The van der Waals surface area contributed by atoms with Gasteiger partial charge < -0.3 is 5.11 Å². The van der Waals surface area contributed by atoms with Crippen molar-refractivity contribution in [3.63, 3.8) is 0 Å². The Morgan fingerprint density at radius 2 is 2.27 bits per heavy atom. The van der Waals surface area contributed by atoms with Crippen molar-refractivity contribution in [2.24, 2.45) is 7.05 Å². The molecule has 0 bridgehead atoms. The number of rotatable bonds is 4. The summed E-state index contributed by atoms with van der Waals surface area (Å²) >= 11 is 3.44. The molecule has 0 aromatic carbocycles. The molecule has 5 nitrogen and oxygen atoms in total. The molecule has 15 heavy (non-hydrogen) atoms. The molecule has 0 radical (unpaired) electrons. The average molecular weight is 276 g/mol. The molecular formula is C9H14BrN3O2. The maximum Gasteiger partial charge on any atom is 0.317 e. The zero-order chi connectivity index (χ0) is 11.6. The highest BCUT2D eigenvalue weighted by atomic mass is 79.9. The second-order valence-electron chi connectivity index (χ2n) is 3.54. The summed E-state index contributed by atoms with van der Waals surface area (Å²) in [7, 11) is 3.62. The molecule has 1 rings (SSSR count). The number of aromatic nitrogens is 2. The molecule has 1 aromatic heterocycles. The maximum absolute atomic E-state index is 10.5. The molecule has 1 aromatic rings. The van der Waals surface area contributed by atoms with E-state index in [0.29, 0.717) is 6.54 Å².